The summed E-state index contributed by atoms with van der Waals surface area (Å²) in [5.41, 5.74) is 2.66. The van der Waals surface area contributed by atoms with E-state index in [-0.39, 0.29) is 11.8 Å². The van der Waals surface area contributed by atoms with Crippen LogP contribution in [0.2, 0.25) is 0 Å². The molecule has 1 aromatic carbocycles. The summed E-state index contributed by atoms with van der Waals surface area (Å²) in [6.07, 6.45) is 1.85. The number of hydrogen-bond acceptors (Lipinski definition) is 11. The van der Waals surface area contributed by atoms with Gasteiger partial charge in [-0.3, -0.25) is 9.59 Å². The lowest BCUT2D eigenvalue weighted by Crippen LogP contribution is -2.50. The number of carbonyl (C=O) groups excluding carboxylic acids is 2. The molecule has 41 heavy (non-hydrogen) atoms. The lowest BCUT2D eigenvalue weighted by molar-refractivity contribution is -0.130. The first-order chi connectivity index (χ1) is 19.6. The van der Waals surface area contributed by atoms with Crippen molar-refractivity contribution in [2.24, 2.45) is 0 Å². The van der Waals surface area contributed by atoms with E-state index in [0.717, 1.165) is 39.4 Å². The summed E-state index contributed by atoms with van der Waals surface area (Å²) in [4.78, 5) is 44.3. The zero-order chi connectivity index (χ0) is 29.5. The predicted octanol–water partition coefficient (Wildman–Crippen LogP) is 3.87. The smallest absolute Gasteiger partial charge is 0.257 e. The standard InChI is InChI=1S/C28H38N8O3S2/c1-18-13-23(39-6)22(27(38)36-11-9-35(10-12-36)20(3)37)14-21(18)17-40-26-16-30-28(41-26)33-25-15-24(31-19(2)32-25)29-7-8-34(4)5/h13-16H,7-12,17H2,1-6H3,(H2,29,30,31,32,33). The molecule has 2 N–H and O–H groups in total. The molecule has 0 bridgehead atoms. The first-order valence-corrected chi connectivity index (χ1v) is 15.3. The summed E-state index contributed by atoms with van der Waals surface area (Å²) in [6.45, 7) is 9.25. The molecule has 4 rings (SSSR count). The monoisotopic (exact) mass is 598 g/mol. The largest absolute Gasteiger partial charge is 0.496 e. The second-order valence-corrected chi connectivity index (χ2v) is 12.4. The number of thiazole rings is 1. The Kier molecular flexibility index (Phi) is 10.4. The molecule has 1 aliphatic rings. The number of thioether (sulfide) groups is 1. The van der Waals surface area contributed by atoms with Crippen LogP contribution in [-0.2, 0) is 10.5 Å². The van der Waals surface area contributed by atoms with E-state index in [0.29, 0.717) is 54.9 Å². The quantitative estimate of drug-likeness (QED) is 0.315. The predicted molar refractivity (Wildman–Crippen MR) is 165 cm³/mol. The summed E-state index contributed by atoms with van der Waals surface area (Å²) in [5, 5.41) is 7.38. The third-order valence-electron chi connectivity index (χ3n) is 6.69. The Morgan fingerprint density at radius 2 is 1.78 bits per heavy atom. The molecule has 1 fully saturated rings. The van der Waals surface area contributed by atoms with Gasteiger partial charge in [0.25, 0.3) is 5.91 Å². The highest BCUT2D eigenvalue weighted by Crippen LogP contribution is 2.34. The molecule has 13 heteroatoms. The molecule has 220 valence electrons. The Hall–Kier alpha value is -3.42. The number of anilines is 3. The zero-order valence-corrected chi connectivity index (χ0v) is 26.1. The number of hydrogen-bond donors (Lipinski definition) is 2. The zero-order valence-electron chi connectivity index (χ0n) is 24.5. The van der Waals surface area contributed by atoms with E-state index in [1.807, 2.05) is 52.3 Å². The van der Waals surface area contributed by atoms with Crippen LogP contribution in [0.3, 0.4) is 0 Å². The number of carbonyl (C=O) groups is 2. The first-order valence-electron chi connectivity index (χ1n) is 13.4. The van der Waals surface area contributed by atoms with Crippen molar-refractivity contribution in [1.82, 2.24) is 29.7 Å². The van der Waals surface area contributed by atoms with Gasteiger partial charge in [0.1, 0.15) is 23.2 Å². The number of piperazine rings is 1. The van der Waals surface area contributed by atoms with Crippen LogP contribution in [0.15, 0.2) is 28.6 Å². The highest BCUT2D eigenvalue weighted by Gasteiger charge is 2.26. The maximum Gasteiger partial charge on any atom is 0.257 e. The molecule has 3 aromatic rings. The average Bonchev–Trinajstić information content (AvgIpc) is 3.38. The van der Waals surface area contributed by atoms with E-state index < -0.39 is 0 Å². The molecule has 0 spiro atoms. The Bertz CT molecular complexity index is 1370. The molecular formula is C28H38N8O3S2. The van der Waals surface area contributed by atoms with Crippen LogP contribution in [0.4, 0.5) is 16.8 Å². The molecular weight excluding hydrogens is 560 g/mol. The van der Waals surface area contributed by atoms with Crippen molar-refractivity contribution in [2.45, 2.75) is 30.7 Å². The van der Waals surface area contributed by atoms with Gasteiger partial charge < -0.3 is 30.1 Å². The van der Waals surface area contributed by atoms with Crippen molar-refractivity contribution in [3.8, 4) is 5.75 Å². The Balaban J connectivity index is 1.40. The van der Waals surface area contributed by atoms with Crippen molar-refractivity contribution in [3.05, 3.63) is 46.9 Å². The molecule has 0 radical (unpaired) electrons. The van der Waals surface area contributed by atoms with Gasteiger partial charge >= 0.3 is 0 Å². The van der Waals surface area contributed by atoms with Gasteiger partial charge in [-0.25, -0.2) is 15.0 Å². The number of methoxy groups -OCH3 is 1. The van der Waals surface area contributed by atoms with E-state index >= 15 is 0 Å². The Labute approximate surface area is 249 Å². The number of amides is 2. The van der Waals surface area contributed by atoms with Gasteiger partial charge in [0, 0.05) is 58.0 Å². The molecule has 0 aliphatic carbocycles. The van der Waals surface area contributed by atoms with Crippen LogP contribution >= 0.6 is 23.1 Å². The van der Waals surface area contributed by atoms with Crippen molar-refractivity contribution < 1.29 is 14.3 Å². The molecule has 2 amide bonds. The van der Waals surface area contributed by atoms with E-state index in [1.54, 1.807) is 46.9 Å². The van der Waals surface area contributed by atoms with Crippen LogP contribution in [0.1, 0.15) is 34.2 Å². The topological polar surface area (TPSA) is 116 Å². The van der Waals surface area contributed by atoms with Crippen molar-refractivity contribution in [3.63, 3.8) is 0 Å². The fraction of sp³-hybridized carbons (Fsp3) is 0.464. The lowest BCUT2D eigenvalue weighted by atomic mass is 10.0. The maximum atomic E-state index is 13.4. The van der Waals surface area contributed by atoms with Crippen LogP contribution in [0.25, 0.3) is 0 Å². The number of likely N-dealkylation sites (N-methyl/N-ethyl adjacent to an activating group) is 1. The third kappa shape index (κ3) is 8.30. The third-order valence-corrected chi connectivity index (χ3v) is 8.85. The summed E-state index contributed by atoms with van der Waals surface area (Å²) in [6, 6.07) is 5.75. The molecule has 0 atom stereocenters. The molecule has 0 unspecified atom stereocenters. The van der Waals surface area contributed by atoms with Crippen LogP contribution in [0.5, 0.6) is 5.75 Å². The fourth-order valence-corrected chi connectivity index (χ4v) is 6.33. The number of benzene rings is 1. The minimum Gasteiger partial charge on any atom is -0.496 e. The number of nitrogens with one attached hydrogen (secondary N) is 2. The highest BCUT2D eigenvalue weighted by atomic mass is 32.2. The fourth-order valence-electron chi connectivity index (χ4n) is 4.38. The highest BCUT2D eigenvalue weighted by molar-refractivity contribution is 8.00. The Morgan fingerprint density at radius 1 is 1.07 bits per heavy atom. The molecule has 3 heterocycles. The van der Waals surface area contributed by atoms with Gasteiger partial charge in [-0.05, 0) is 51.2 Å². The SMILES string of the molecule is COc1cc(C)c(CSc2cnc(Nc3cc(NCCN(C)C)nc(C)n3)s2)cc1C(=O)N1CCN(C(C)=O)CC1. The molecule has 0 saturated carbocycles. The lowest BCUT2D eigenvalue weighted by Gasteiger charge is -2.34. The number of rotatable bonds is 11. The maximum absolute atomic E-state index is 13.4. The van der Waals surface area contributed by atoms with E-state index in [4.69, 9.17) is 4.74 Å². The minimum absolute atomic E-state index is 0.0373. The van der Waals surface area contributed by atoms with Gasteiger partial charge in [-0.1, -0.05) is 11.3 Å². The summed E-state index contributed by atoms with van der Waals surface area (Å²) >= 11 is 3.22. The minimum atomic E-state index is -0.0729. The second kappa shape index (κ2) is 14.0. The molecule has 1 aliphatic heterocycles. The van der Waals surface area contributed by atoms with Gasteiger partial charge in [0.15, 0.2) is 5.13 Å². The number of aryl methyl sites for hydroxylation is 2. The average molecular weight is 599 g/mol. The summed E-state index contributed by atoms with van der Waals surface area (Å²) in [7, 11) is 5.65. The molecule has 11 nitrogen and oxygen atoms in total. The van der Waals surface area contributed by atoms with E-state index in [9.17, 15) is 9.59 Å². The van der Waals surface area contributed by atoms with Crippen LogP contribution in [-0.4, -0.2) is 102 Å². The van der Waals surface area contributed by atoms with Crippen molar-refractivity contribution in [1.29, 1.82) is 0 Å². The summed E-state index contributed by atoms with van der Waals surface area (Å²) in [5.74, 6) is 3.35. The van der Waals surface area contributed by atoms with Gasteiger partial charge in [0.05, 0.1) is 23.1 Å². The van der Waals surface area contributed by atoms with Crippen LogP contribution in [0, 0.1) is 13.8 Å². The van der Waals surface area contributed by atoms with Crippen molar-refractivity contribution >= 4 is 51.7 Å². The molecule has 1 saturated heterocycles. The first kappa shape index (κ1) is 30.5. The van der Waals surface area contributed by atoms with E-state index in [1.165, 1.54) is 0 Å². The van der Waals surface area contributed by atoms with Gasteiger partial charge in [-0.2, -0.15) is 0 Å². The number of ether oxygens (including phenoxy) is 1. The van der Waals surface area contributed by atoms with E-state index in [2.05, 4.69) is 30.5 Å². The second-order valence-electron chi connectivity index (χ2n) is 10.1. The van der Waals surface area contributed by atoms with Gasteiger partial charge in [-0.15, -0.1) is 11.8 Å². The summed E-state index contributed by atoms with van der Waals surface area (Å²) < 4.78 is 6.62. The molecule has 2 aromatic heterocycles. The van der Waals surface area contributed by atoms with Crippen LogP contribution < -0.4 is 15.4 Å². The Morgan fingerprint density at radius 3 is 2.46 bits per heavy atom. The van der Waals surface area contributed by atoms with Gasteiger partial charge in [0.2, 0.25) is 5.91 Å². The van der Waals surface area contributed by atoms with Crippen molar-refractivity contribution in [2.75, 3.05) is 71.1 Å². The normalized spacial score (nSPS) is 13.4. The number of aromatic nitrogens is 3. The number of nitrogens with zero attached hydrogens (tertiary/aromatic N) is 6.